The molecule has 2 aromatic rings. The molecule has 0 radical (unpaired) electrons. The van der Waals surface area contributed by atoms with E-state index in [1.807, 2.05) is 0 Å². The molecule has 0 saturated heterocycles. The molecular weight excluding hydrogens is 313 g/mol. The minimum absolute atomic E-state index is 0.138. The van der Waals surface area contributed by atoms with Crippen LogP contribution in [0.4, 0.5) is 4.39 Å². The molecule has 0 aliphatic heterocycles. The summed E-state index contributed by atoms with van der Waals surface area (Å²) in [4.78, 5) is 22.3. The number of benzene rings is 1. The summed E-state index contributed by atoms with van der Waals surface area (Å²) >= 11 is 0. The highest BCUT2D eigenvalue weighted by molar-refractivity contribution is 5.92. The maximum atomic E-state index is 13.7. The molecule has 0 atom stereocenters. The normalized spacial score (nSPS) is 10.5. The highest BCUT2D eigenvalue weighted by Crippen LogP contribution is 2.24. The predicted octanol–water partition coefficient (Wildman–Crippen LogP) is 3.85. The minimum atomic E-state index is -0.785. The fraction of sp³-hybridized carbons (Fsp3) is 0.333. The summed E-state index contributed by atoms with van der Waals surface area (Å²) in [5.41, 5.74) is 0.315. The fourth-order valence-corrected chi connectivity index (χ4v) is 2.31. The first-order valence-electron chi connectivity index (χ1n) is 7.92. The van der Waals surface area contributed by atoms with Crippen LogP contribution in [0, 0.1) is 5.82 Å². The number of furan rings is 1. The second kappa shape index (κ2) is 8.86. The Morgan fingerprint density at radius 2 is 1.79 bits per heavy atom. The van der Waals surface area contributed by atoms with Crippen LogP contribution < -0.4 is 5.32 Å². The van der Waals surface area contributed by atoms with Gasteiger partial charge < -0.3 is 14.8 Å². The lowest BCUT2D eigenvalue weighted by molar-refractivity contribution is -0.137. The molecule has 0 unspecified atom stereocenters. The summed E-state index contributed by atoms with van der Waals surface area (Å²) in [5, 5.41) is 11.3. The van der Waals surface area contributed by atoms with Crippen molar-refractivity contribution < 1.29 is 23.5 Å². The highest BCUT2D eigenvalue weighted by Gasteiger charge is 2.13. The Balaban J connectivity index is 1.76. The van der Waals surface area contributed by atoms with E-state index in [4.69, 9.17) is 9.52 Å². The van der Waals surface area contributed by atoms with E-state index in [1.54, 1.807) is 24.3 Å². The Morgan fingerprint density at radius 1 is 1.04 bits per heavy atom. The lowest BCUT2D eigenvalue weighted by Crippen LogP contribution is -2.23. The molecule has 0 fully saturated rings. The number of aliphatic carboxylic acids is 1. The zero-order valence-corrected chi connectivity index (χ0v) is 13.3. The number of halogens is 1. The van der Waals surface area contributed by atoms with E-state index in [2.05, 4.69) is 5.32 Å². The van der Waals surface area contributed by atoms with Gasteiger partial charge in [-0.2, -0.15) is 0 Å². The predicted molar refractivity (Wildman–Crippen MR) is 87.2 cm³/mol. The molecule has 1 aromatic heterocycles. The minimum Gasteiger partial charge on any atom is -0.481 e. The van der Waals surface area contributed by atoms with Crippen LogP contribution in [0.1, 0.15) is 42.7 Å². The number of amides is 1. The summed E-state index contributed by atoms with van der Waals surface area (Å²) in [7, 11) is 0. The van der Waals surface area contributed by atoms with E-state index in [-0.39, 0.29) is 18.1 Å². The molecule has 6 heteroatoms. The molecule has 0 spiro atoms. The average Bonchev–Trinajstić information content (AvgIpc) is 3.03. The van der Waals surface area contributed by atoms with Gasteiger partial charge in [-0.05, 0) is 37.1 Å². The first kappa shape index (κ1) is 17.7. The molecule has 1 aromatic carbocycles. The fourth-order valence-electron chi connectivity index (χ4n) is 2.31. The summed E-state index contributed by atoms with van der Waals surface area (Å²) in [6.45, 7) is 0.488. The second-order valence-corrected chi connectivity index (χ2v) is 5.46. The Labute approximate surface area is 139 Å². The van der Waals surface area contributed by atoms with Crippen LogP contribution in [-0.4, -0.2) is 23.5 Å². The van der Waals surface area contributed by atoms with Crippen molar-refractivity contribution in [2.75, 3.05) is 6.54 Å². The number of carboxylic acid groups (broad SMARTS) is 1. The van der Waals surface area contributed by atoms with Gasteiger partial charge in [-0.3, -0.25) is 9.59 Å². The van der Waals surface area contributed by atoms with E-state index in [9.17, 15) is 14.0 Å². The van der Waals surface area contributed by atoms with Crippen molar-refractivity contribution in [3.63, 3.8) is 0 Å². The third-order valence-electron chi connectivity index (χ3n) is 3.57. The summed E-state index contributed by atoms with van der Waals surface area (Å²) in [6, 6.07) is 9.30. The van der Waals surface area contributed by atoms with Gasteiger partial charge >= 0.3 is 5.97 Å². The number of nitrogens with one attached hydrogen (secondary N) is 1. The first-order valence-corrected chi connectivity index (χ1v) is 7.92. The van der Waals surface area contributed by atoms with Crippen LogP contribution in [0.3, 0.4) is 0 Å². The third kappa shape index (κ3) is 5.22. The molecule has 2 N–H and O–H groups in total. The van der Waals surface area contributed by atoms with Crippen molar-refractivity contribution in [2.45, 2.75) is 32.1 Å². The molecule has 24 heavy (non-hydrogen) atoms. The molecule has 1 amide bonds. The van der Waals surface area contributed by atoms with Crippen molar-refractivity contribution in [1.82, 2.24) is 5.32 Å². The van der Waals surface area contributed by atoms with Gasteiger partial charge in [0.25, 0.3) is 5.91 Å². The van der Waals surface area contributed by atoms with Crippen LogP contribution in [0.25, 0.3) is 11.3 Å². The number of carbonyl (C=O) groups is 2. The second-order valence-electron chi connectivity index (χ2n) is 5.46. The smallest absolute Gasteiger partial charge is 0.303 e. The summed E-state index contributed by atoms with van der Waals surface area (Å²) in [5.74, 6) is -1.08. The van der Waals surface area contributed by atoms with E-state index >= 15 is 0 Å². The molecule has 0 aliphatic rings. The van der Waals surface area contributed by atoms with Crippen LogP contribution in [0.15, 0.2) is 40.8 Å². The maximum Gasteiger partial charge on any atom is 0.303 e. The van der Waals surface area contributed by atoms with E-state index in [0.29, 0.717) is 24.3 Å². The first-order chi connectivity index (χ1) is 11.6. The zero-order chi connectivity index (χ0) is 17.4. The van der Waals surface area contributed by atoms with Gasteiger partial charge in [-0.15, -0.1) is 0 Å². The lowest BCUT2D eigenvalue weighted by atomic mass is 10.1. The molecule has 0 saturated carbocycles. The van der Waals surface area contributed by atoms with Crippen molar-refractivity contribution in [3.05, 3.63) is 48.0 Å². The number of rotatable bonds is 9. The summed E-state index contributed by atoms with van der Waals surface area (Å²) in [6.07, 6.45) is 3.27. The van der Waals surface area contributed by atoms with Gasteiger partial charge in [0.15, 0.2) is 5.76 Å². The number of hydrogen-bond acceptors (Lipinski definition) is 3. The molecule has 1 heterocycles. The third-order valence-corrected chi connectivity index (χ3v) is 3.57. The van der Waals surface area contributed by atoms with Crippen molar-refractivity contribution in [3.8, 4) is 11.3 Å². The van der Waals surface area contributed by atoms with Crippen molar-refractivity contribution in [1.29, 1.82) is 0 Å². The Bertz CT molecular complexity index is 696. The van der Waals surface area contributed by atoms with Gasteiger partial charge in [0.05, 0.1) is 5.56 Å². The van der Waals surface area contributed by atoms with Gasteiger partial charge in [-0.1, -0.05) is 25.0 Å². The quantitative estimate of drug-likeness (QED) is 0.683. The molecule has 128 valence electrons. The number of hydrogen-bond donors (Lipinski definition) is 2. The SMILES string of the molecule is O=C(O)CCCCCCNC(=O)c1ccc(-c2ccccc2F)o1. The van der Waals surface area contributed by atoms with Crippen LogP contribution in [-0.2, 0) is 4.79 Å². The Morgan fingerprint density at radius 3 is 2.54 bits per heavy atom. The van der Waals surface area contributed by atoms with E-state index < -0.39 is 11.8 Å². The van der Waals surface area contributed by atoms with Gasteiger partial charge in [0, 0.05) is 13.0 Å². The van der Waals surface area contributed by atoms with Crippen LogP contribution in [0.5, 0.6) is 0 Å². The van der Waals surface area contributed by atoms with Crippen LogP contribution in [0.2, 0.25) is 0 Å². The largest absolute Gasteiger partial charge is 0.481 e. The van der Waals surface area contributed by atoms with Gasteiger partial charge in [0.1, 0.15) is 11.6 Å². The maximum absolute atomic E-state index is 13.7. The molecule has 0 bridgehead atoms. The summed E-state index contributed by atoms with van der Waals surface area (Å²) < 4.78 is 19.1. The van der Waals surface area contributed by atoms with E-state index in [0.717, 1.165) is 19.3 Å². The topological polar surface area (TPSA) is 79.5 Å². The molecule has 0 aliphatic carbocycles. The number of carbonyl (C=O) groups excluding carboxylic acids is 1. The van der Waals surface area contributed by atoms with Crippen molar-refractivity contribution >= 4 is 11.9 Å². The van der Waals surface area contributed by atoms with Gasteiger partial charge in [-0.25, -0.2) is 4.39 Å². The average molecular weight is 333 g/mol. The van der Waals surface area contributed by atoms with Crippen molar-refractivity contribution in [2.24, 2.45) is 0 Å². The number of unbranched alkanes of at least 4 members (excludes halogenated alkanes) is 3. The zero-order valence-electron chi connectivity index (χ0n) is 13.3. The highest BCUT2D eigenvalue weighted by atomic mass is 19.1. The van der Waals surface area contributed by atoms with E-state index in [1.165, 1.54) is 12.1 Å². The molecular formula is C18H20FNO4. The molecule has 5 nitrogen and oxygen atoms in total. The lowest BCUT2D eigenvalue weighted by Gasteiger charge is -2.03. The van der Waals surface area contributed by atoms with Crippen LogP contribution >= 0.6 is 0 Å². The molecule has 2 rings (SSSR count). The standard InChI is InChI=1S/C18H20FNO4/c19-14-8-5-4-7-13(14)15-10-11-16(24-15)18(23)20-12-6-2-1-3-9-17(21)22/h4-5,7-8,10-11H,1-3,6,9,12H2,(H,20,23)(H,21,22). The Hall–Kier alpha value is -2.63. The Kier molecular flexibility index (Phi) is 6.54. The number of carboxylic acids is 1. The van der Waals surface area contributed by atoms with Gasteiger partial charge in [0.2, 0.25) is 0 Å². The monoisotopic (exact) mass is 333 g/mol.